The van der Waals surface area contributed by atoms with Crippen LogP contribution in [-0.2, 0) is 4.79 Å². The van der Waals surface area contributed by atoms with Crippen LogP contribution >= 0.6 is 0 Å². The molecule has 2 atom stereocenters. The second kappa shape index (κ2) is 4.85. The Morgan fingerprint density at radius 3 is 2.47 bits per heavy atom. The Hall–Kier alpha value is -2.06. The summed E-state index contributed by atoms with van der Waals surface area (Å²) in [6.07, 6.45) is -3.78. The number of nitrogens with two attached hydrogens (primary N) is 1. The molecule has 4 N–H and O–H groups in total. The Balaban J connectivity index is 3.13. The molecule has 7 nitrogen and oxygen atoms in total. The number of halogens is 1. The average Bonchev–Trinajstić information content (AvgIpc) is 2.25. The molecule has 92 valence electrons. The first-order chi connectivity index (χ1) is 7.82. The molecule has 0 aliphatic heterocycles. The van der Waals surface area contributed by atoms with Crippen LogP contribution in [-0.4, -0.2) is 27.1 Å². The van der Waals surface area contributed by atoms with Gasteiger partial charge in [0.1, 0.15) is 11.9 Å². The molecule has 0 aliphatic carbocycles. The maximum atomic E-state index is 13.0. The third-order valence-electron chi connectivity index (χ3n) is 2.05. The summed E-state index contributed by atoms with van der Waals surface area (Å²) >= 11 is 0. The molecule has 8 heteroatoms. The van der Waals surface area contributed by atoms with Crippen LogP contribution < -0.4 is 5.73 Å². The molecular formula is C9H9FN2O5. The molecule has 0 spiro atoms. The van der Waals surface area contributed by atoms with Crippen molar-refractivity contribution in [3.05, 3.63) is 39.7 Å². The number of carbonyl (C=O) groups excluding carboxylic acids is 1. The number of hydrogen-bond acceptors (Lipinski definition) is 5. The third kappa shape index (κ3) is 2.95. The van der Waals surface area contributed by atoms with Gasteiger partial charge in [-0.15, -0.1) is 0 Å². The monoisotopic (exact) mass is 244 g/mol. The lowest BCUT2D eigenvalue weighted by Gasteiger charge is -2.14. The van der Waals surface area contributed by atoms with E-state index in [0.717, 1.165) is 12.1 Å². The van der Waals surface area contributed by atoms with Crippen LogP contribution in [0.2, 0.25) is 0 Å². The highest BCUT2D eigenvalue weighted by Gasteiger charge is 2.25. The van der Waals surface area contributed by atoms with Crippen molar-refractivity contribution in [2.24, 2.45) is 5.73 Å². The smallest absolute Gasteiger partial charge is 0.272 e. The summed E-state index contributed by atoms with van der Waals surface area (Å²) in [5.74, 6) is -2.19. The Kier molecular flexibility index (Phi) is 3.71. The number of nitrogens with zero attached hydrogens (tertiary/aromatic N) is 1. The van der Waals surface area contributed by atoms with E-state index >= 15 is 0 Å². The minimum atomic E-state index is -1.96. The van der Waals surface area contributed by atoms with Gasteiger partial charge >= 0.3 is 0 Å². The lowest BCUT2D eigenvalue weighted by atomic mass is 10.0. The van der Waals surface area contributed by atoms with E-state index in [1.54, 1.807) is 0 Å². The van der Waals surface area contributed by atoms with Crippen molar-refractivity contribution in [3.63, 3.8) is 0 Å². The van der Waals surface area contributed by atoms with Gasteiger partial charge in [-0.25, -0.2) is 4.39 Å². The largest absolute Gasteiger partial charge is 0.385 e. The van der Waals surface area contributed by atoms with Crippen molar-refractivity contribution < 1.29 is 24.3 Å². The molecule has 0 fully saturated rings. The Morgan fingerprint density at radius 1 is 1.41 bits per heavy atom. The lowest BCUT2D eigenvalue weighted by molar-refractivity contribution is -0.385. The zero-order chi connectivity index (χ0) is 13.2. The van der Waals surface area contributed by atoms with Crippen LogP contribution in [0.1, 0.15) is 11.7 Å². The number of aliphatic hydroxyl groups excluding tert-OH is 2. The molecule has 1 aromatic rings. The van der Waals surface area contributed by atoms with Gasteiger partial charge in [-0.3, -0.25) is 14.9 Å². The third-order valence-corrected chi connectivity index (χ3v) is 2.05. The fraction of sp³-hybridized carbons (Fsp3) is 0.222. The first-order valence-electron chi connectivity index (χ1n) is 4.43. The van der Waals surface area contributed by atoms with Gasteiger partial charge in [0.05, 0.1) is 11.0 Å². The van der Waals surface area contributed by atoms with Crippen LogP contribution in [0.4, 0.5) is 10.1 Å². The number of amides is 1. The number of aliphatic hydroxyl groups is 2. The van der Waals surface area contributed by atoms with Crippen LogP contribution in [0, 0.1) is 15.9 Å². The van der Waals surface area contributed by atoms with Crippen molar-refractivity contribution in [1.82, 2.24) is 0 Å². The van der Waals surface area contributed by atoms with E-state index in [4.69, 9.17) is 10.8 Å². The molecular weight excluding hydrogens is 235 g/mol. The van der Waals surface area contributed by atoms with Gasteiger partial charge in [-0.1, -0.05) is 0 Å². The van der Waals surface area contributed by atoms with Crippen LogP contribution in [0.5, 0.6) is 0 Å². The van der Waals surface area contributed by atoms with E-state index < -0.39 is 34.5 Å². The fourth-order valence-electron chi connectivity index (χ4n) is 1.21. The Bertz CT molecular complexity index is 465. The number of hydrogen-bond donors (Lipinski definition) is 3. The molecule has 0 heterocycles. The molecule has 0 bridgehead atoms. The maximum Gasteiger partial charge on any atom is 0.272 e. The van der Waals surface area contributed by atoms with Crippen LogP contribution in [0.15, 0.2) is 18.2 Å². The number of nitro groups is 1. The zero-order valence-corrected chi connectivity index (χ0v) is 8.41. The van der Waals surface area contributed by atoms with E-state index in [1.165, 1.54) is 0 Å². The van der Waals surface area contributed by atoms with Gasteiger partial charge in [0, 0.05) is 6.07 Å². The number of benzene rings is 1. The van der Waals surface area contributed by atoms with Crippen molar-refractivity contribution >= 4 is 11.6 Å². The summed E-state index contributed by atoms with van der Waals surface area (Å²) in [7, 11) is 0. The Morgan fingerprint density at radius 2 is 2.00 bits per heavy atom. The van der Waals surface area contributed by atoms with E-state index in [2.05, 4.69) is 0 Å². The standard InChI is InChI=1S/C9H9FN2O5/c10-5-1-4(2-6(3-5)12(16)17)7(13)8(14)9(11)15/h1-3,7-8,13-14H,(H2,11,15). The maximum absolute atomic E-state index is 13.0. The van der Waals surface area contributed by atoms with Gasteiger partial charge in [0.15, 0.2) is 6.10 Å². The number of carbonyl (C=O) groups is 1. The van der Waals surface area contributed by atoms with Gasteiger partial charge in [-0.2, -0.15) is 0 Å². The Labute approximate surface area is 94.4 Å². The molecule has 0 radical (unpaired) electrons. The molecule has 0 saturated carbocycles. The van der Waals surface area contributed by atoms with E-state index in [9.17, 15) is 24.4 Å². The number of primary amides is 1. The van der Waals surface area contributed by atoms with Crippen LogP contribution in [0.25, 0.3) is 0 Å². The van der Waals surface area contributed by atoms with Crippen molar-refractivity contribution in [2.45, 2.75) is 12.2 Å². The summed E-state index contributed by atoms with van der Waals surface area (Å²) in [5, 5.41) is 29.0. The fourth-order valence-corrected chi connectivity index (χ4v) is 1.21. The highest BCUT2D eigenvalue weighted by atomic mass is 19.1. The highest BCUT2D eigenvalue weighted by molar-refractivity contribution is 5.79. The van der Waals surface area contributed by atoms with E-state index in [0.29, 0.717) is 6.07 Å². The minimum Gasteiger partial charge on any atom is -0.385 e. The van der Waals surface area contributed by atoms with Gasteiger partial charge in [-0.05, 0) is 11.6 Å². The molecule has 1 rings (SSSR count). The minimum absolute atomic E-state index is 0.303. The number of non-ortho nitro benzene ring substituents is 1. The van der Waals surface area contributed by atoms with E-state index in [1.807, 2.05) is 0 Å². The number of nitro benzene ring substituents is 1. The first kappa shape index (κ1) is 13.0. The summed E-state index contributed by atoms with van der Waals surface area (Å²) in [6, 6.07) is 2.26. The highest BCUT2D eigenvalue weighted by Crippen LogP contribution is 2.23. The summed E-state index contributed by atoms with van der Waals surface area (Å²) in [5.41, 5.74) is 3.83. The second-order valence-electron chi connectivity index (χ2n) is 3.29. The van der Waals surface area contributed by atoms with Crippen molar-refractivity contribution in [3.8, 4) is 0 Å². The molecule has 0 saturated heterocycles. The van der Waals surface area contributed by atoms with Crippen LogP contribution in [0.3, 0.4) is 0 Å². The SMILES string of the molecule is NC(=O)C(O)C(O)c1cc(F)cc([N+](=O)[O-])c1. The molecule has 17 heavy (non-hydrogen) atoms. The average molecular weight is 244 g/mol. The predicted octanol–water partition coefficient (Wildman–Crippen LogP) is -0.386. The lowest BCUT2D eigenvalue weighted by Crippen LogP contribution is -2.33. The topological polar surface area (TPSA) is 127 Å². The van der Waals surface area contributed by atoms with Crippen molar-refractivity contribution in [1.29, 1.82) is 0 Å². The van der Waals surface area contributed by atoms with Gasteiger partial charge in [0.25, 0.3) is 5.69 Å². The molecule has 1 amide bonds. The van der Waals surface area contributed by atoms with Crippen molar-refractivity contribution in [2.75, 3.05) is 0 Å². The normalized spacial score (nSPS) is 14.1. The summed E-state index contributed by atoms with van der Waals surface area (Å²) in [6.45, 7) is 0. The summed E-state index contributed by atoms with van der Waals surface area (Å²) < 4.78 is 13.0. The van der Waals surface area contributed by atoms with Gasteiger partial charge in [0.2, 0.25) is 5.91 Å². The zero-order valence-electron chi connectivity index (χ0n) is 8.41. The molecule has 0 aliphatic rings. The predicted molar refractivity (Wildman–Crippen MR) is 53.2 cm³/mol. The molecule has 0 aromatic heterocycles. The first-order valence-corrected chi connectivity index (χ1v) is 4.43. The quantitative estimate of drug-likeness (QED) is 0.491. The second-order valence-corrected chi connectivity index (χ2v) is 3.29. The molecule has 1 aromatic carbocycles. The molecule has 2 unspecified atom stereocenters. The van der Waals surface area contributed by atoms with E-state index in [-0.39, 0.29) is 5.56 Å². The summed E-state index contributed by atoms with van der Waals surface area (Å²) in [4.78, 5) is 20.2. The van der Waals surface area contributed by atoms with Gasteiger partial charge < -0.3 is 15.9 Å². The number of rotatable bonds is 4.